The summed E-state index contributed by atoms with van der Waals surface area (Å²) >= 11 is 2.20. The van der Waals surface area contributed by atoms with Gasteiger partial charge in [-0.05, 0) is 40.3 Å². The summed E-state index contributed by atoms with van der Waals surface area (Å²) in [6.45, 7) is 0.672. The molecule has 0 saturated heterocycles. The minimum atomic E-state index is 0.672. The van der Waals surface area contributed by atoms with Gasteiger partial charge < -0.3 is 4.74 Å². The zero-order chi connectivity index (χ0) is 13.9. The largest absolute Gasteiger partial charge is 0.497 e. The molecule has 1 aromatic heterocycles. The van der Waals surface area contributed by atoms with Crippen molar-refractivity contribution in [3.63, 3.8) is 0 Å². The van der Waals surface area contributed by atoms with Crippen LogP contribution < -0.4 is 15.3 Å². The number of hydrogen-bond donors (Lipinski definition) is 2. The third-order valence-electron chi connectivity index (χ3n) is 2.91. The number of hydrogen-bond acceptors (Lipinski definition) is 6. The van der Waals surface area contributed by atoms with Crippen molar-refractivity contribution in [2.45, 2.75) is 6.54 Å². The summed E-state index contributed by atoms with van der Waals surface area (Å²) in [7, 11) is 1.66. The Morgan fingerprint density at radius 1 is 1.30 bits per heavy atom. The van der Waals surface area contributed by atoms with E-state index in [2.05, 4.69) is 43.4 Å². The van der Waals surface area contributed by atoms with Crippen LogP contribution in [0, 0.1) is 3.70 Å². The summed E-state index contributed by atoms with van der Waals surface area (Å²) < 4.78 is 6.11. The quantitative estimate of drug-likeness (QED) is 0.786. The second kappa shape index (κ2) is 5.67. The van der Waals surface area contributed by atoms with E-state index >= 15 is 0 Å². The standard InChI is InChI=1S/C12H13IN6O/c1-20-10-4-2-9(3-5-10)7-19-17-15-8-18(19)11-6-14-16-12(11)13/h2-6,8,17H,7H2,1H3,(H,14,16). The summed E-state index contributed by atoms with van der Waals surface area (Å²) in [4.78, 5) is 0. The molecule has 0 saturated carbocycles. The van der Waals surface area contributed by atoms with Crippen LogP contribution >= 0.6 is 22.6 Å². The third-order valence-corrected chi connectivity index (χ3v) is 3.71. The zero-order valence-electron chi connectivity index (χ0n) is 10.7. The number of hydrazine groups is 2. The van der Waals surface area contributed by atoms with E-state index in [1.165, 1.54) is 0 Å². The molecule has 1 aliphatic rings. The summed E-state index contributed by atoms with van der Waals surface area (Å²) in [5.41, 5.74) is 5.05. The Bertz CT molecular complexity index is 611. The molecule has 2 heterocycles. The van der Waals surface area contributed by atoms with E-state index in [0.29, 0.717) is 6.54 Å². The summed E-state index contributed by atoms with van der Waals surface area (Å²) in [5.74, 6) is 0.848. The predicted molar refractivity (Wildman–Crippen MR) is 83.9 cm³/mol. The van der Waals surface area contributed by atoms with E-state index in [1.54, 1.807) is 19.6 Å². The average molecular weight is 384 g/mol. The Balaban J connectivity index is 1.75. The van der Waals surface area contributed by atoms with E-state index < -0.39 is 0 Å². The number of halogens is 1. The highest BCUT2D eigenvalue weighted by Gasteiger charge is 2.22. The van der Waals surface area contributed by atoms with Crippen LogP contribution in [0.1, 0.15) is 5.56 Å². The molecule has 2 aromatic rings. The van der Waals surface area contributed by atoms with Gasteiger partial charge in [-0.1, -0.05) is 12.1 Å². The molecule has 3 rings (SSSR count). The first-order valence-corrected chi connectivity index (χ1v) is 7.03. The van der Waals surface area contributed by atoms with Gasteiger partial charge in [-0.2, -0.15) is 10.2 Å². The van der Waals surface area contributed by atoms with Crippen molar-refractivity contribution >= 4 is 34.6 Å². The fourth-order valence-electron chi connectivity index (χ4n) is 1.89. The molecule has 1 aromatic carbocycles. The van der Waals surface area contributed by atoms with Gasteiger partial charge in [0.2, 0.25) is 0 Å². The molecule has 8 heteroatoms. The molecular weight excluding hydrogens is 371 g/mol. The maximum absolute atomic E-state index is 5.16. The van der Waals surface area contributed by atoms with Crippen LogP contribution in [-0.2, 0) is 6.54 Å². The lowest BCUT2D eigenvalue weighted by atomic mass is 10.2. The monoisotopic (exact) mass is 384 g/mol. The highest BCUT2D eigenvalue weighted by atomic mass is 127. The zero-order valence-corrected chi connectivity index (χ0v) is 12.9. The SMILES string of the molecule is COc1ccc(CN2NN=CN2c2cn[nH]c2I)cc1. The number of nitrogens with zero attached hydrogens (tertiary/aromatic N) is 4. The lowest BCUT2D eigenvalue weighted by molar-refractivity contribution is 0.213. The molecule has 0 amide bonds. The molecular formula is C12H13IN6O. The lowest BCUT2D eigenvalue weighted by Gasteiger charge is -2.25. The topological polar surface area (TPSA) is 68.8 Å². The van der Waals surface area contributed by atoms with Crippen LogP contribution in [0.3, 0.4) is 0 Å². The first-order valence-electron chi connectivity index (χ1n) is 5.95. The van der Waals surface area contributed by atoms with Gasteiger partial charge >= 0.3 is 0 Å². The number of nitrogens with one attached hydrogen (secondary N) is 2. The highest BCUT2D eigenvalue weighted by molar-refractivity contribution is 14.1. The van der Waals surface area contributed by atoms with Crippen molar-refractivity contribution < 1.29 is 4.74 Å². The first-order chi connectivity index (χ1) is 9.78. The van der Waals surface area contributed by atoms with Gasteiger partial charge in [0.15, 0.2) is 0 Å². The number of hydrazone groups is 1. The molecule has 0 atom stereocenters. The van der Waals surface area contributed by atoms with Crippen LogP contribution in [0.2, 0.25) is 0 Å². The van der Waals surface area contributed by atoms with E-state index in [0.717, 1.165) is 20.7 Å². The van der Waals surface area contributed by atoms with E-state index in [1.807, 2.05) is 34.4 Å². The molecule has 0 aliphatic carbocycles. The lowest BCUT2D eigenvalue weighted by Crippen LogP contribution is -2.42. The number of H-pyrrole nitrogens is 1. The minimum absolute atomic E-state index is 0.672. The molecule has 7 nitrogen and oxygen atoms in total. The van der Waals surface area contributed by atoms with Crippen molar-refractivity contribution in [3.8, 4) is 5.75 Å². The van der Waals surface area contributed by atoms with Crippen molar-refractivity contribution in [2.75, 3.05) is 12.1 Å². The molecule has 0 spiro atoms. The number of anilines is 1. The van der Waals surface area contributed by atoms with Gasteiger partial charge in [0.05, 0.1) is 19.9 Å². The normalized spacial score (nSPS) is 14.6. The van der Waals surface area contributed by atoms with Crippen molar-refractivity contribution in [1.29, 1.82) is 0 Å². The minimum Gasteiger partial charge on any atom is -0.497 e. The average Bonchev–Trinajstić information content (AvgIpc) is 3.08. The first kappa shape index (κ1) is 13.2. The molecule has 0 radical (unpaired) electrons. The molecule has 104 valence electrons. The van der Waals surface area contributed by atoms with Gasteiger partial charge in [-0.25, -0.2) is 10.5 Å². The molecule has 2 N–H and O–H groups in total. The Morgan fingerprint density at radius 3 is 2.75 bits per heavy atom. The molecule has 1 aliphatic heterocycles. The van der Waals surface area contributed by atoms with Gasteiger partial charge in [-0.15, -0.1) is 5.12 Å². The summed E-state index contributed by atoms with van der Waals surface area (Å²) in [6, 6.07) is 7.94. The number of aromatic nitrogens is 2. The molecule has 20 heavy (non-hydrogen) atoms. The Hall–Kier alpha value is -1.81. The molecule has 0 fully saturated rings. The fraction of sp³-hybridized carbons (Fsp3) is 0.167. The number of benzene rings is 1. The van der Waals surface area contributed by atoms with Crippen LogP contribution in [0.25, 0.3) is 0 Å². The van der Waals surface area contributed by atoms with Crippen molar-refractivity contribution in [3.05, 3.63) is 39.7 Å². The Kier molecular flexibility index (Phi) is 3.74. The maximum atomic E-state index is 5.16. The third kappa shape index (κ3) is 2.56. The molecule has 0 bridgehead atoms. The van der Waals surface area contributed by atoms with Crippen LogP contribution in [0.5, 0.6) is 5.75 Å². The smallest absolute Gasteiger partial charge is 0.134 e. The summed E-state index contributed by atoms with van der Waals surface area (Å²) in [6.07, 6.45) is 3.48. The Morgan fingerprint density at radius 2 is 2.10 bits per heavy atom. The predicted octanol–water partition coefficient (Wildman–Crippen LogP) is 1.71. The number of ether oxygens (including phenoxy) is 1. The van der Waals surface area contributed by atoms with Crippen molar-refractivity contribution in [2.24, 2.45) is 5.10 Å². The van der Waals surface area contributed by atoms with Crippen LogP contribution in [0.4, 0.5) is 5.69 Å². The maximum Gasteiger partial charge on any atom is 0.134 e. The number of rotatable bonds is 4. The van der Waals surface area contributed by atoms with E-state index in [-0.39, 0.29) is 0 Å². The Labute approximate surface area is 129 Å². The van der Waals surface area contributed by atoms with Gasteiger partial charge in [0.25, 0.3) is 0 Å². The van der Waals surface area contributed by atoms with Gasteiger partial charge in [0.1, 0.15) is 21.5 Å². The number of methoxy groups -OCH3 is 1. The van der Waals surface area contributed by atoms with Crippen molar-refractivity contribution in [1.82, 2.24) is 20.9 Å². The second-order valence-corrected chi connectivity index (χ2v) is 5.24. The van der Waals surface area contributed by atoms with E-state index in [9.17, 15) is 0 Å². The van der Waals surface area contributed by atoms with Crippen LogP contribution in [0.15, 0.2) is 35.6 Å². The van der Waals surface area contributed by atoms with Gasteiger partial charge in [-0.3, -0.25) is 5.10 Å². The molecule has 0 unspecified atom stereocenters. The van der Waals surface area contributed by atoms with E-state index in [4.69, 9.17) is 4.74 Å². The number of aromatic amines is 1. The highest BCUT2D eigenvalue weighted by Crippen LogP contribution is 2.22. The van der Waals surface area contributed by atoms with Gasteiger partial charge in [0, 0.05) is 0 Å². The van der Waals surface area contributed by atoms with Crippen LogP contribution in [-0.4, -0.2) is 28.8 Å². The fourth-order valence-corrected chi connectivity index (χ4v) is 2.41. The summed E-state index contributed by atoms with van der Waals surface area (Å²) in [5, 5.41) is 14.8. The second-order valence-electron chi connectivity index (χ2n) is 4.16.